The molecule has 0 spiro atoms. The van der Waals surface area contributed by atoms with Crippen molar-refractivity contribution in [2.45, 2.75) is 48.6 Å². The molecule has 0 unspecified atom stereocenters. The molecule has 6 nitrogen and oxygen atoms in total. The highest BCUT2D eigenvalue weighted by molar-refractivity contribution is 7.93. The predicted molar refractivity (Wildman–Crippen MR) is 101 cm³/mol. The van der Waals surface area contributed by atoms with E-state index in [2.05, 4.69) is 4.72 Å². The quantitative estimate of drug-likeness (QED) is 0.783. The van der Waals surface area contributed by atoms with Gasteiger partial charge in [-0.25, -0.2) is 21.6 Å². The number of hydrogen-bond acceptors (Lipinski definition) is 4. The molecule has 2 aromatic rings. The third kappa shape index (κ3) is 3.92. The van der Waals surface area contributed by atoms with Gasteiger partial charge in [0, 0.05) is 12.1 Å². The second kappa shape index (κ2) is 7.02. The Labute approximate surface area is 155 Å². The molecule has 0 heterocycles. The summed E-state index contributed by atoms with van der Waals surface area (Å²) in [6.07, 6.45) is 1.62. The van der Waals surface area contributed by atoms with E-state index in [1.54, 1.807) is 38.1 Å². The lowest BCUT2D eigenvalue weighted by Crippen LogP contribution is -2.37. The number of rotatable bonds is 7. The molecule has 0 aromatic heterocycles. The molecule has 26 heavy (non-hydrogen) atoms. The van der Waals surface area contributed by atoms with E-state index in [0.717, 1.165) is 12.8 Å². The highest BCUT2D eigenvalue weighted by Gasteiger charge is 2.31. The van der Waals surface area contributed by atoms with Crippen molar-refractivity contribution < 1.29 is 16.8 Å². The van der Waals surface area contributed by atoms with Crippen molar-refractivity contribution in [2.75, 3.05) is 4.31 Å². The zero-order chi connectivity index (χ0) is 18.9. The van der Waals surface area contributed by atoms with E-state index in [0.29, 0.717) is 5.69 Å². The van der Waals surface area contributed by atoms with Crippen LogP contribution in [-0.2, 0) is 20.0 Å². The van der Waals surface area contributed by atoms with Crippen LogP contribution in [0.2, 0.25) is 0 Å². The maximum Gasteiger partial charge on any atom is 0.264 e. The van der Waals surface area contributed by atoms with Crippen molar-refractivity contribution in [3.63, 3.8) is 0 Å². The molecule has 1 fully saturated rings. The van der Waals surface area contributed by atoms with Gasteiger partial charge >= 0.3 is 0 Å². The molecular weight excluding hydrogens is 372 g/mol. The Balaban J connectivity index is 2.02. The fraction of sp³-hybridized carbons (Fsp3) is 0.333. The normalized spacial score (nSPS) is 15.2. The smallest absolute Gasteiger partial charge is 0.264 e. The van der Waals surface area contributed by atoms with Gasteiger partial charge in [0.15, 0.2) is 0 Å². The fourth-order valence-electron chi connectivity index (χ4n) is 2.69. The standard InChI is InChI=1S/C18H22N2O4S2/c1-14(2)20(16-7-4-3-5-8-16)26(23,24)18-10-6-9-17(13-18)25(21,22)19-15-11-12-15/h3-10,13-15,19H,11-12H2,1-2H3. The highest BCUT2D eigenvalue weighted by Crippen LogP contribution is 2.28. The second-order valence-corrected chi connectivity index (χ2v) is 10.1. The summed E-state index contributed by atoms with van der Waals surface area (Å²) in [5.41, 5.74) is 0.534. The Morgan fingerprint density at radius 2 is 1.54 bits per heavy atom. The molecule has 8 heteroatoms. The molecule has 0 atom stereocenters. The van der Waals surface area contributed by atoms with Crippen LogP contribution in [0.5, 0.6) is 0 Å². The maximum atomic E-state index is 13.2. The van der Waals surface area contributed by atoms with Gasteiger partial charge in [-0.15, -0.1) is 0 Å². The number of nitrogens with one attached hydrogen (secondary N) is 1. The number of hydrogen-bond donors (Lipinski definition) is 1. The van der Waals surface area contributed by atoms with Crippen LogP contribution >= 0.6 is 0 Å². The van der Waals surface area contributed by atoms with Crippen LogP contribution in [-0.4, -0.2) is 28.9 Å². The first kappa shape index (κ1) is 18.9. The number of benzene rings is 2. The van der Waals surface area contributed by atoms with E-state index >= 15 is 0 Å². The van der Waals surface area contributed by atoms with Crippen LogP contribution < -0.4 is 9.03 Å². The molecule has 0 bridgehead atoms. The molecule has 0 saturated heterocycles. The average molecular weight is 395 g/mol. The van der Waals surface area contributed by atoms with Crippen molar-refractivity contribution in [3.8, 4) is 0 Å². The molecule has 1 aliphatic carbocycles. The molecule has 2 aromatic carbocycles. The minimum absolute atomic E-state index is 0.0396. The van der Waals surface area contributed by atoms with E-state index in [9.17, 15) is 16.8 Å². The van der Waals surface area contributed by atoms with Gasteiger partial charge in [-0.3, -0.25) is 4.31 Å². The summed E-state index contributed by atoms with van der Waals surface area (Å²) >= 11 is 0. The third-order valence-electron chi connectivity index (χ3n) is 4.05. The minimum Gasteiger partial charge on any atom is -0.264 e. The van der Waals surface area contributed by atoms with Gasteiger partial charge < -0.3 is 0 Å². The predicted octanol–water partition coefficient (Wildman–Crippen LogP) is 2.73. The highest BCUT2D eigenvalue weighted by atomic mass is 32.2. The zero-order valence-electron chi connectivity index (χ0n) is 14.7. The first-order valence-electron chi connectivity index (χ1n) is 8.44. The van der Waals surface area contributed by atoms with Crippen molar-refractivity contribution in [1.82, 2.24) is 4.72 Å². The van der Waals surface area contributed by atoms with Crippen LogP contribution in [0.4, 0.5) is 5.69 Å². The Morgan fingerprint density at radius 1 is 0.923 bits per heavy atom. The fourth-order valence-corrected chi connectivity index (χ4v) is 5.83. The van der Waals surface area contributed by atoms with E-state index in [-0.39, 0.29) is 21.9 Å². The number of sulfonamides is 2. The van der Waals surface area contributed by atoms with Gasteiger partial charge in [-0.1, -0.05) is 24.3 Å². The van der Waals surface area contributed by atoms with Gasteiger partial charge in [0.1, 0.15) is 0 Å². The lowest BCUT2D eigenvalue weighted by atomic mass is 10.3. The van der Waals surface area contributed by atoms with Crippen LogP contribution in [0.15, 0.2) is 64.4 Å². The van der Waals surface area contributed by atoms with Crippen LogP contribution in [0.25, 0.3) is 0 Å². The van der Waals surface area contributed by atoms with E-state index in [1.165, 1.54) is 28.6 Å². The molecule has 3 rings (SSSR count). The molecular formula is C18H22N2O4S2. The topological polar surface area (TPSA) is 83.6 Å². The first-order chi connectivity index (χ1) is 12.2. The van der Waals surface area contributed by atoms with Crippen LogP contribution in [0.1, 0.15) is 26.7 Å². The van der Waals surface area contributed by atoms with Crippen LogP contribution in [0, 0.1) is 0 Å². The van der Waals surface area contributed by atoms with Crippen molar-refractivity contribution >= 4 is 25.7 Å². The monoisotopic (exact) mass is 394 g/mol. The zero-order valence-corrected chi connectivity index (χ0v) is 16.3. The SMILES string of the molecule is CC(C)N(c1ccccc1)S(=O)(=O)c1cccc(S(=O)(=O)NC2CC2)c1. The van der Waals surface area contributed by atoms with Crippen LogP contribution in [0.3, 0.4) is 0 Å². The Morgan fingerprint density at radius 3 is 2.12 bits per heavy atom. The number of anilines is 1. The van der Waals surface area contributed by atoms with Crippen molar-refractivity contribution in [2.24, 2.45) is 0 Å². The number of nitrogens with zero attached hydrogens (tertiary/aromatic N) is 1. The summed E-state index contributed by atoms with van der Waals surface area (Å²) in [5, 5.41) is 0. The van der Waals surface area contributed by atoms with Gasteiger partial charge in [0.2, 0.25) is 10.0 Å². The summed E-state index contributed by atoms with van der Waals surface area (Å²) in [7, 11) is -7.63. The van der Waals surface area contributed by atoms with Crippen molar-refractivity contribution in [3.05, 3.63) is 54.6 Å². The maximum absolute atomic E-state index is 13.2. The molecule has 0 radical (unpaired) electrons. The average Bonchev–Trinajstić information content (AvgIpc) is 3.39. The molecule has 1 saturated carbocycles. The van der Waals surface area contributed by atoms with Gasteiger partial charge in [0.05, 0.1) is 15.5 Å². The van der Waals surface area contributed by atoms with Gasteiger partial charge in [-0.05, 0) is 57.0 Å². The minimum atomic E-state index is -3.91. The first-order valence-corrected chi connectivity index (χ1v) is 11.4. The lowest BCUT2D eigenvalue weighted by molar-refractivity contribution is 0.580. The molecule has 0 aliphatic heterocycles. The van der Waals surface area contributed by atoms with E-state index < -0.39 is 20.0 Å². The summed E-state index contributed by atoms with van der Waals surface area (Å²) in [6.45, 7) is 3.56. The summed E-state index contributed by atoms with van der Waals surface area (Å²) in [6, 6.07) is 13.9. The molecule has 140 valence electrons. The number of para-hydroxylation sites is 1. The Bertz CT molecular complexity index is 983. The Hall–Kier alpha value is -1.90. The summed E-state index contributed by atoms with van der Waals surface area (Å²) in [4.78, 5) is -0.0871. The molecule has 0 amide bonds. The van der Waals surface area contributed by atoms with Crippen molar-refractivity contribution in [1.29, 1.82) is 0 Å². The van der Waals surface area contributed by atoms with E-state index in [4.69, 9.17) is 0 Å². The van der Waals surface area contributed by atoms with E-state index in [1.807, 2.05) is 6.07 Å². The summed E-state index contributed by atoms with van der Waals surface area (Å²) in [5.74, 6) is 0. The third-order valence-corrected chi connectivity index (χ3v) is 7.57. The van der Waals surface area contributed by atoms with Gasteiger partial charge in [0.25, 0.3) is 10.0 Å². The lowest BCUT2D eigenvalue weighted by Gasteiger charge is -2.28. The largest absolute Gasteiger partial charge is 0.264 e. The van der Waals surface area contributed by atoms with Gasteiger partial charge in [-0.2, -0.15) is 0 Å². The Kier molecular flexibility index (Phi) is 5.09. The molecule has 1 aliphatic rings. The summed E-state index contributed by atoms with van der Waals surface area (Å²) < 4.78 is 55.1. The molecule has 1 N–H and O–H groups in total. The second-order valence-electron chi connectivity index (χ2n) is 6.60.